The van der Waals surface area contributed by atoms with Crippen molar-refractivity contribution in [3.63, 3.8) is 0 Å². The van der Waals surface area contributed by atoms with E-state index in [1.807, 2.05) is 0 Å². The summed E-state index contributed by atoms with van der Waals surface area (Å²) in [5, 5.41) is 11.4. The molecule has 2 aromatic carbocycles. The van der Waals surface area contributed by atoms with Crippen molar-refractivity contribution in [2.45, 2.75) is 36.7 Å². The van der Waals surface area contributed by atoms with Crippen LogP contribution in [0.1, 0.15) is 20.8 Å². The molecule has 2 heterocycles. The van der Waals surface area contributed by atoms with E-state index in [-0.39, 0.29) is 20.6 Å². The van der Waals surface area contributed by atoms with Gasteiger partial charge in [-0.2, -0.15) is 0 Å². The molecule has 4 aromatic rings. The average molecular weight is 596 g/mol. The second-order valence-electron chi connectivity index (χ2n) is 9.61. The van der Waals surface area contributed by atoms with Gasteiger partial charge in [-0.25, -0.2) is 23.2 Å². The summed E-state index contributed by atoms with van der Waals surface area (Å²) in [7, 11) is -4.43. The summed E-state index contributed by atoms with van der Waals surface area (Å²) in [6.07, 6.45) is 6.16. The van der Waals surface area contributed by atoms with Crippen LogP contribution in [0.5, 0.6) is 0 Å². The van der Waals surface area contributed by atoms with Crippen LogP contribution in [-0.4, -0.2) is 50.9 Å². The van der Waals surface area contributed by atoms with Crippen LogP contribution in [-0.2, 0) is 26.0 Å². The zero-order chi connectivity index (χ0) is 28.0. The summed E-state index contributed by atoms with van der Waals surface area (Å²) in [6.45, 7) is 4.96. The van der Waals surface area contributed by atoms with Crippen LogP contribution < -0.4 is 4.31 Å². The Kier molecular flexibility index (Phi) is 7.70. The molecule has 2 aromatic heterocycles. The van der Waals surface area contributed by atoms with Crippen LogP contribution in [0.4, 0.5) is 5.69 Å². The van der Waals surface area contributed by atoms with Crippen molar-refractivity contribution in [3.05, 3.63) is 71.1 Å². The fraction of sp³-hybridized carbons (Fsp3) is 0.240. The normalized spacial score (nSPS) is 13.9. The van der Waals surface area contributed by atoms with E-state index in [2.05, 4.69) is 9.97 Å². The first-order valence-corrected chi connectivity index (χ1v) is 15.0. The molecule has 0 amide bonds. The van der Waals surface area contributed by atoms with E-state index in [0.717, 1.165) is 4.31 Å². The highest BCUT2D eigenvalue weighted by Crippen LogP contribution is 2.37. The Morgan fingerprint density at radius 1 is 1.08 bits per heavy atom. The van der Waals surface area contributed by atoms with Crippen LogP contribution in [0.25, 0.3) is 16.7 Å². The monoisotopic (exact) mass is 594 g/mol. The van der Waals surface area contributed by atoms with E-state index in [0.29, 0.717) is 21.7 Å². The van der Waals surface area contributed by atoms with Crippen LogP contribution >= 0.6 is 23.2 Å². The molecule has 0 radical (unpaired) electrons. The lowest BCUT2D eigenvalue weighted by Gasteiger charge is -2.37. The van der Waals surface area contributed by atoms with Crippen molar-refractivity contribution in [3.8, 4) is 5.82 Å². The van der Waals surface area contributed by atoms with Gasteiger partial charge in [0, 0.05) is 32.8 Å². The fourth-order valence-corrected chi connectivity index (χ4v) is 7.00. The number of fused-ring (bicyclic) bond motifs is 1. The second-order valence-corrected chi connectivity index (χ2v) is 13.6. The summed E-state index contributed by atoms with van der Waals surface area (Å²) in [4.78, 5) is 20.8. The highest BCUT2D eigenvalue weighted by Gasteiger charge is 2.43. The molecular formula is C25H24Cl2N4O5S2. The molecule has 0 saturated heterocycles. The largest absolute Gasteiger partial charge is 0.610 e. The first-order valence-electron chi connectivity index (χ1n) is 11.2. The van der Waals surface area contributed by atoms with Gasteiger partial charge >= 0.3 is 5.97 Å². The van der Waals surface area contributed by atoms with Gasteiger partial charge in [0.15, 0.2) is 5.82 Å². The highest BCUT2D eigenvalue weighted by atomic mass is 35.5. The summed E-state index contributed by atoms with van der Waals surface area (Å²) >= 11 is 10.9. The van der Waals surface area contributed by atoms with Crippen molar-refractivity contribution >= 4 is 67.0 Å². The summed E-state index contributed by atoms with van der Waals surface area (Å²) in [5.74, 6) is -0.839. The maximum Gasteiger partial charge on any atom is 0.328 e. The van der Waals surface area contributed by atoms with Crippen molar-refractivity contribution in [2.24, 2.45) is 5.41 Å². The molecule has 0 fully saturated rings. The third kappa shape index (κ3) is 5.48. The Labute approximate surface area is 233 Å². The molecule has 4 rings (SSSR count). The molecule has 9 nitrogen and oxygen atoms in total. The maximum absolute atomic E-state index is 14.0. The van der Waals surface area contributed by atoms with Crippen LogP contribution in [0.15, 0.2) is 71.0 Å². The topological polar surface area (TPSA) is 128 Å². The standard InChI is InChI=1S/C25H24Cl2N4O5S2/c1-25(2,3)23(24(32)33)31(38(35,36)19-11-16(26)10-17(27)12-19)18-5-6-20-15(9-18)7-8-30(20)21-13-29-22(14-28-21)37(4)34/h5-14,23H,1-4H3,(H,32,33). The SMILES string of the molecule is C[S+]([O-])c1cnc(-n2ccc3cc(N(C(C(=O)O)C(C)(C)C)S(=O)(=O)c4cc(Cl)cc(Cl)c4)ccc32)cn1. The number of sulfonamides is 1. The second kappa shape index (κ2) is 10.4. The molecule has 200 valence electrons. The van der Waals surface area contributed by atoms with Gasteiger partial charge in [-0.05, 0) is 47.9 Å². The molecule has 1 N–H and O–H groups in total. The van der Waals surface area contributed by atoms with Gasteiger partial charge in [0.1, 0.15) is 18.5 Å². The molecule has 0 spiro atoms. The molecular weight excluding hydrogens is 571 g/mol. The minimum atomic E-state index is -4.43. The number of halogens is 2. The Hall–Kier alpha value is -2.83. The van der Waals surface area contributed by atoms with E-state index in [9.17, 15) is 22.9 Å². The van der Waals surface area contributed by atoms with Crippen molar-refractivity contribution in [1.29, 1.82) is 0 Å². The van der Waals surface area contributed by atoms with Gasteiger partial charge in [-0.3, -0.25) is 8.87 Å². The lowest BCUT2D eigenvalue weighted by molar-refractivity contribution is -0.140. The van der Waals surface area contributed by atoms with Crippen molar-refractivity contribution in [1.82, 2.24) is 14.5 Å². The van der Waals surface area contributed by atoms with Gasteiger partial charge in [0.2, 0.25) is 0 Å². The van der Waals surface area contributed by atoms with Gasteiger partial charge in [-0.15, -0.1) is 0 Å². The number of carbonyl (C=O) groups is 1. The Morgan fingerprint density at radius 3 is 2.26 bits per heavy atom. The van der Waals surface area contributed by atoms with Gasteiger partial charge in [0.25, 0.3) is 15.0 Å². The maximum atomic E-state index is 14.0. The number of anilines is 1. The number of hydrogen-bond donors (Lipinski definition) is 1. The van der Waals surface area contributed by atoms with Gasteiger partial charge in [-0.1, -0.05) is 44.0 Å². The molecule has 0 bridgehead atoms. The number of rotatable bonds is 7. The van der Waals surface area contributed by atoms with Gasteiger partial charge < -0.3 is 9.66 Å². The summed E-state index contributed by atoms with van der Waals surface area (Å²) < 4.78 is 42.2. The zero-order valence-electron chi connectivity index (χ0n) is 20.8. The minimum Gasteiger partial charge on any atom is -0.610 e. The third-order valence-electron chi connectivity index (χ3n) is 5.77. The third-order valence-corrected chi connectivity index (χ3v) is 8.77. The van der Waals surface area contributed by atoms with E-state index >= 15 is 0 Å². The van der Waals surface area contributed by atoms with Crippen molar-refractivity contribution in [2.75, 3.05) is 10.6 Å². The first-order chi connectivity index (χ1) is 17.7. The van der Waals surface area contributed by atoms with E-state index in [1.54, 1.807) is 49.7 Å². The molecule has 2 atom stereocenters. The van der Waals surface area contributed by atoms with E-state index in [1.165, 1.54) is 42.9 Å². The number of benzene rings is 2. The van der Waals surface area contributed by atoms with E-state index in [4.69, 9.17) is 23.2 Å². The van der Waals surface area contributed by atoms with Crippen LogP contribution in [0, 0.1) is 5.41 Å². The van der Waals surface area contributed by atoms with Gasteiger partial charge in [0.05, 0.1) is 22.3 Å². The number of carboxylic acid groups (broad SMARTS) is 1. The number of carboxylic acids is 1. The number of hydrogen-bond acceptors (Lipinski definition) is 6. The average Bonchev–Trinajstić information content (AvgIpc) is 3.24. The lowest BCUT2D eigenvalue weighted by Crippen LogP contribution is -2.52. The Morgan fingerprint density at radius 2 is 1.74 bits per heavy atom. The predicted octanol–water partition coefficient (Wildman–Crippen LogP) is 5.16. The Balaban J connectivity index is 1.89. The lowest BCUT2D eigenvalue weighted by atomic mass is 9.86. The minimum absolute atomic E-state index is 0.102. The Bertz CT molecular complexity index is 1600. The quantitative estimate of drug-likeness (QED) is 0.292. The number of aliphatic carboxylic acids is 1. The molecule has 0 aliphatic rings. The highest BCUT2D eigenvalue weighted by molar-refractivity contribution is 7.93. The fourth-order valence-electron chi connectivity index (χ4n) is 4.09. The number of nitrogens with zero attached hydrogens (tertiary/aromatic N) is 4. The molecule has 0 saturated carbocycles. The van der Waals surface area contributed by atoms with Crippen LogP contribution in [0.2, 0.25) is 10.0 Å². The molecule has 2 unspecified atom stereocenters. The number of aromatic nitrogens is 3. The summed E-state index contributed by atoms with van der Waals surface area (Å²) in [5.41, 5.74) is -0.158. The summed E-state index contributed by atoms with van der Waals surface area (Å²) in [6, 6.07) is 8.96. The molecule has 13 heteroatoms. The van der Waals surface area contributed by atoms with Crippen LogP contribution in [0.3, 0.4) is 0 Å². The molecule has 0 aliphatic carbocycles. The first kappa shape index (κ1) is 28.2. The zero-order valence-corrected chi connectivity index (χ0v) is 23.9. The van der Waals surface area contributed by atoms with Crippen molar-refractivity contribution < 1.29 is 22.9 Å². The molecule has 38 heavy (non-hydrogen) atoms. The van der Waals surface area contributed by atoms with E-state index < -0.39 is 38.6 Å². The smallest absolute Gasteiger partial charge is 0.328 e. The molecule has 0 aliphatic heterocycles. The predicted molar refractivity (Wildman–Crippen MR) is 148 cm³/mol.